The predicted molar refractivity (Wildman–Crippen MR) is 81.2 cm³/mol. The first-order valence-corrected chi connectivity index (χ1v) is 7.09. The molecule has 108 valence electrons. The number of hydrogen-bond acceptors (Lipinski definition) is 3. The Hall–Kier alpha value is -1.81. The first-order chi connectivity index (χ1) is 9.65. The lowest BCUT2D eigenvalue weighted by atomic mass is 10.1. The van der Waals surface area contributed by atoms with Crippen molar-refractivity contribution in [1.29, 1.82) is 0 Å². The highest BCUT2D eigenvalue weighted by molar-refractivity contribution is 5.36. The van der Waals surface area contributed by atoms with Crippen molar-refractivity contribution < 1.29 is 4.74 Å². The fourth-order valence-electron chi connectivity index (χ4n) is 2.31. The molecule has 0 spiro atoms. The maximum atomic E-state index is 6.01. The summed E-state index contributed by atoms with van der Waals surface area (Å²) < 4.78 is 7.80. The Morgan fingerprint density at radius 1 is 1.25 bits per heavy atom. The maximum Gasteiger partial charge on any atom is 0.222 e. The SMILES string of the molecule is CCCc1ccc(Oc2c(CNC)c(C)nn2C)cc1. The van der Waals surface area contributed by atoms with Gasteiger partial charge in [0.1, 0.15) is 5.75 Å². The molecule has 0 bridgehead atoms. The molecule has 0 aliphatic carbocycles. The summed E-state index contributed by atoms with van der Waals surface area (Å²) in [7, 11) is 3.84. The van der Waals surface area contributed by atoms with E-state index >= 15 is 0 Å². The Kier molecular flexibility index (Phi) is 4.79. The zero-order valence-corrected chi connectivity index (χ0v) is 12.7. The number of nitrogens with one attached hydrogen (secondary N) is 1. The van der Waals surface area contributed by atoms with Gasteiger partial charge in [-0.05, 0) is 38.1 Å². The molecule has 0 aliphatic heterocycles. The molecule has 2 rings (SSSR count). The molecule has 1 aromatic carbocycles. The minimum Gasteiger partial charge on any atom is -0.439 e. The normalized spacial score (nSPS) is 10.8. The number of aryl methyl sites for hydroxylation is 3. The molecule has 0 saturated heterocycles. The third-order valence-electron chi connectivity index (χ3n) is 3.32. The van der Waals surface area contributed by atoms with Gasteiger partial charge in [-0.25, -0.2) is 4.68 Å². The van der Waals surface area contributed by atoms with Crippen LogP contribution >= 0.6 is 0 Å². The van der Waals surface area contributed by atoms with Crippen LogP contribution in [-0.2, 0) is 20.0 Å². The first kappa shape index (κ1) is 14.6. The molecule has 0 aliphatic rings. The van der Waals surface area contributed by atoms with Crippen LogP contribution in [0.1, 0.15) is 30.2 Å². The van der Waals surface area contributed by atoms with Gasteiger partial charge in [0.15, 0.2) is 0 Å². The van der Waals surface area contributed by atoms with Crippen LogP contribution in [0.5, 0.6) is 11.6 Å². The van der Waals surface area contributed by atoms with Crippen molar-refractivity contribution in [3.63, 3.8) is 0 Å². The van der Waals surface area contributed by atoms with Crippen molar-refractivity contribution in [3.8, 4) is 11.6 Å². The van der Waals surface area contributed by atoms with Crippen molar-refractivity contribution in [2.24, 2.45) is 7.05 Å². The van der Waals surface area contributed by atoms with Gasteiger partial charge < -0.3 is 10.1 Å². The molecule has 4 heteroatoms. The number of hydrogen-bond donors (Lipinski definition) is 1. The molecule has 1 N–H and O–H groups in total. The molecule has 0 amide bonds. The van der Waals surface area contributed by atoms with Gasteiger partial charge in [-0.2, -0.15) is 5.10 Å². The summed E-state index contributed by atoms with van der Waals surface area (Å²) in [5.41, 5.74) is 3.45. The van der Waals surface area contributed by atoms with E-state index in [2.05, 4.69) is 29.5 Å². The number of aromatic nitrogens is 2. The van der Waals surface area contributed by atoms with Crippen LogP contribution in [-0.4, -0.2) is 16.8 Å². The first-order valence-electron chi connectivity index (χ1n) is 7.09. The van der Waals surface area contributed by atoms with Gasteiger partial charge in [0.25, 0.3) is 0 Å². The minimum absolute atomic E-state index is 0.753. The second-order valence-electron chi connectivity index (χ2n) is 5.02. The quantitative estimate of drug-likeness (QED) is 0.878. The van der Waals surface area contributed by atoms with Gasteiger partial charge in [-0.1, -0.05) is 25.5 Å². The van der Waals surface area contributed by atoms with Gasteiger partial charge >= 0.3 is 0 Å². The standard InChI is InChI=1S/C16H23N3O/c1-5-6-13-7-9-14(10-8-13)20-16-15(11-17-3)12(2)18-19(16)4/h7-10,17H,5-6,11H2,1-4H3. The zero-order chi connectivity index (χ0) is 14.5. The number of ether oxygens (including phenoxy) is 1. The minimum atomic E-state index is 0.753. The van der Waals surface area contributed by atoms with Gasteiger partial charge in [-0.3, -0.25) is 0 Å². The highest BCUT2D eigenvalue weighted by Gasteiger charge is 2.14. The molecule has 1 aromatic heterocycles. The van der Waals surface area contributed by atoms with Crippen LogP contribution in [0.3, 0.4) is 0 Å². The average molecular weight is 273 g/mol. The monoisotopic (exact) mass is 273 g/mol. The smallest absolute Gasteiger partial charge is 0.222 e. The van der Waals surface area contributed by atoms with Crippen LogP contribution in [0.15, 0.2) is 24.3 Å². The Bertz CT molecular complexity index is 558. The lowest BCUT2D eigenvalue weighted by Gasteiger charge is -2.09. The molecule has 4 nitrogen and oxygen atoms in total. The topological polar surface area (TPSA) is 39.1 Å². The summed E-state index contributed by atoms with van der Waals surface area (Å²) in [6.45, 7) is 4.94. The Labute approximate surface area is 120 Å². The van der Waals surface area contributed by atoms with Gasteiger partial charge in [0.2, 0.25) is 5.88 Å². The van der Waals surface area contributed by atoms with Gasteiger partial charge in [0.05, 0.1) is 11.3 Å². The fraction of sp³-hybridized carbons (Fsp3) is 0.438. The van der Waals surface area contributed by atoms with Crippen LogP contribution in [0.25, 0.3) is 0 Å². The molecule has 0 radical (unpaired) electrons. The van der Waals surface area contributed by atoms with Crippen molar-refractivity contribution >= 4 is 0 Å². The highest BCUT2D eigenvalue weighted by atomic mass is 16.5. The molecule has 2 aromatic rings. The Balaban J connectivity index is 2.20. The van der Waals surface area contributed by atoms with Crippen molar-refractivity contribution in [2.75, 3.05) is 7.05 Å². The molecular weight excluding hydrogens is 250 g/mol. The fourth-order valence-corrected chi connectivity index (χ4v) is 2.31. The number of benzene rings is 1. The largest absolute Gasteiger partial charge is 0.439 e. The molecule has 0 fully saturated rings. The second-order valence-corrected chi connectivity index (χ2v) is 5.02. The van der Waals surface area contributed by atoms with E-state index in [1.165, 1.54) is 5.56 Å². The van der Waals surface area contributed by atoms with E-state index in [-0.39, 0.29) is 0 Å². The highest BCUT2D eigenvalue weighted by Crippen LogP contribution is 2.27. The van der Waals surface area contributed by atoms with E-state index in [4.69, 9.17) is 4.74 Å². The van der Waals surface area contributed by atoms with Crippen molar-refractivity contribution in [1.82, 2.24) is 15.1 Å². The maximum absolute atomic E-state index is 6.01. The van der Waals surface area contributed by atoms with E-state index in [1.807, 2.05) is 33.2 Å². The molecule has 0 unspecified atom stereocenters. The lowest BCUT2D eigenvalue weighted by molar-refractivity contribution is 0.424. The molecule has 20 heavy (non-hydrogen) atoms. The van der Waals surface area contributed by atoms with Gasteiger partial charge in [0, 0.05) is 13.6 Å². The van der Waals surface area contributed by atoms with Crippen LogP contribution in [0.2, 0.25) is 0 Å². The van der Waals surface area contributed by atoms with E-state index in [0.717, 1.165) is 42.3 Å². The lowest BCUT2D eigenvalue weighted by Crippen LogP contribution is -2.07. The Morgan fingerprint density at radius 2 is 1.95 bits per heavy atom. The van der Waals surface area contributed by atoms with Crippen LogP contribution in [0.4, 0.5) is 0 Å². The van der Waals surface area contributed by atoms with E-state index in [1.54, 1.807) is 4.68 Å². The predicted octanol–water partition coefficient (Wildman–Crippen LogP) is 3.19. The molecule has 0 atom stereocenters. The summed E-state index contributed by atoms with van der Waals surface area (Å²) in [6, 6.07) is 8.30. The van der Waals surface area contributed by atoms with E-state index in [0.29, 0.717) is 0 Å². The summed E-state index contributed by atoms with van der Waals surface area (Å²) in [6.07, 6.45) is 2.27. The third-order valence-corrected chi connectivity index (χ3v) is 3.32. The number of rotatable bonds is 6. The Morgan fingerprint density at radius 3 is 2.55 bits per heavy atom. The summed E-state index contributed by atoms with van der Waals surface area (Å²) in [5.74, 6) is 1.66. The van der Waals surface area contributed by atoms with Crippen LogP contribution in [0, 0.1) is 6.92 Å². The average Bonchev–Trinajstić information content (AvgIpc) is 2.69. The van der Waals surface area contributed by atoms with Crippen molar-refractivity contribution in [3.05, 3.63) is 41.1 Å². The molecule has 1 heterocycles. The zero-order valence-electron chi connectivity index (χ0n) is 12.7. The molecular formula is C16H23N3O. The van der Waals surface area contributed by atoms with E-state index in [9.17, 15) is 0 Å². The van der Waals surface area contributed by atoms with Crippen LogP contribution < -0.4 is 10.1 Å². The van der Waals surface area contributed by atoms with E-state index < -0.39 is 0 Å². The van der Waals surface area contributed by atoms with Crippen molar-refractivity contribution in [2.45, 2.75) is 33.2 Å². The third kappa shape index (κ3) is 3.20. The van der Waals surface area contributed by atoms with Gasteiger partial charge in [-0.15, -0.1) is 0 Å². The summed E-state index contributed by atoms with van der Waals surface area (Å²) >= 11 is 0. The summed E-state index contributed by atoms with van der Waals surface area (Å²) in [4.78, 5) is 0. The molecule has 0 saturated carbocycles. The number of nitrogens with zero attached hydrogens (tertiary/aromatic N) is 2. The summed E-state index contributed by atoms with van der Waals surface area (Å²) in [5, 5.41) is 7.58. The second kappa shape index (κ2) is 6.57.